The molecule has 0 aromatic heterocycles. The average Bonchev–Trinajstić information content (AvgIpc) is 2.62. The highest BCUT2D eigenvalue weighted by molar-refractivity contribution is 7.98. The molecule has 0 spiro atoms. The van der Waals surface area contributed by atoms with Crippen molar-refractivity contribution < 1.29 is 0 Å². The Hall–Kier alpha value is -2.07. The minimum absolute atomic E-state index is 0.0392. The molecular weight excluding hydrogens is 256 g/mol. The lowest BCUT2D eigenvalue weighted by atomic mass is 10.2. The fourth-order valence-electron chi connectivity index (χ4n) is 1.54. The standard InChI is InChI=1S/C15H14N2OS/c1-19-14-10-6-5-9-13(15(14)18)17-16-11-12-7-3-2-4-8-12/h2-11H,1H3,(H,17,18). The summed E-state index contributed by atoms with van der Waals surface area (Å²) in [5, 5.41) is 4.09. The quantitative estimate of drug-likeness (QED) is 0.527. The van der Waals surface area contributed by atoms with Crippen LogP contribution in [0.15, 0.2) is 69.4 Å². The molecule has 2 aromatic carbocycles. The lowest BCUT2D eigenvalue weighted by Crippen LogP contribution is -2.06. The first kappa shape index (κ1) is 13.4. The summed E-state index contributed by atoms with van der Waals surface area (Å²) in [6, 6.07) is 16.9. The van der Waals surface area contributed by atoms with E-state index in [1.807, 2.05) is 48.7 Å². The Kier molecular flexibility index (Phi) is 4.75. The monoisotopic (exact) mass is 270 g/mol. The van der Waals surface area contributed by atoms with Crippen LogP contribution in [0, 0.1) is 0 Å². The van der Waals surface area contributed by atoms with Gasteiger partial charge in [-0.15, -0.1) is 11.8 Å². The molecule has 0 saturated carbocycles. The zero-order chi connectivity index (χ0) is 13.5. The van der Waals surface area contributed by atoms with E-state index in [2.05, 4.69) is 10.5 Å². The van der Waals surface area contributed by atoms with Gasteiger partial charge in [-0.25, -0.2) is 0 Å². The van der Waals surface area contributed by atoms with Gasteiger partial charge in [-0.2, -0.15) is 5.10 Å². The number of hydrazone groups is 1. The summed E-state index contributed by atoms with van der Waals surface area (Å²) in [5.74, 6) is 0. The number of thioether (sulfide) groups is 1. The second kappa shape index (κ2) is 6.75. The molecule has 0 aliphatic heterocycles. The Labute approximate surface area is 116 Å². The van der Waals surface area contributed by atoms with E-state index >= 15 is 0 Å². The number of nitrogens with zero attached hydrogens (tertiary/aromatic N) is 1. The Morgan fingerprint density at radius 3 is 2.47 bits per heavy atom. The smallest absolute Gasteiger partial charge is 0.216 e. The molecule has 0 aliphatic carbocycles. The summed E-state index contributed by atoms with van der Waals surface area (Å²) >= 11 is 1.43. The van der Waals surface area contributed by atoms with Gasteiger partial charge < -0.3 is 0 Å². The summed E-state index contributed by atoms with van der Waals surface area (Å²) in [4.78, 5) is 12.8. The van der Waals surface area contributed by atoms with E-state index in [4.69, 9.17) is 0 Å². The summed E-state index contributed by atoms with van der Waals surface area (Å²) in [7, 11) is 0. The molecule has 0 atom stereocenters. The van der Waals surface area contributed by atoms with Gasteiger partial charge in [0.25, 0.3) is 0 Å². The van der Waals surface area contributed by atoms with Gasteiger partial charge in [0.2, 0.25) is 5.43 Å². The second-order valence-electron chi connectivity index (χ2n) is 3.81. The van der Waals surface area contributed by atoms with Crippen molar-refractivity contribution in [3.05, 3.63) is 70.4 Å². The molecule has 0 amide bonds. The van der Waals surface area contributed by atoms with Crippen LogP contribution in [0.4, 0.5) is 5.69 Å². The Bertz CT molecular complexity index is 627. The van der Waals surface area contributed by atoms with Gasteiger partial charge in [-0.3, -0.25) is 10.2 Å². The third-order valence-corrected chi connectivity index (χ3v) is 3.27. The van der Waals surface area contributed by atoms with Crippen LogP contribution in [0.2, 0.25) is 0 Å². The molecular formula is C15H14N2OS. The van der Waals surface area contributed by atoms with Gasteiger partial charge in [0.1, 0.15) is 5.69 Å². The number of benzene rings is 1. The minimum Gasteiger partial charge on any atom is -0.286 e. The molecule has 0 saturated heterocycles. The number of anilines is 1. The molecule has 19 heavy (non-hydrogen) atoms. The molecule has 0 radical (unpaired) electrons. The van der Waals surface area contributed by atoms with E-state index in [1.54, 1.807) is 18.3 Å². The predicted molar refractivity (Wildman–Crippen MR) is 82.2 cm³/mol. The molecule has 0 bridgehead atoms. The molecule has 3 nitrogen and oxygen atoms in total. The van der Waals surface area contributed by atoms with Crippen molar-refractivity contribution in [2.24, 2.45) is 5.10 Å². The Morgan fingerprint density at radius 1 is 1.05 bits per heavy atom. The fourth-order valence-corrected chi connectivity index (χ4v) is 2.05. The van der Waals surface area contributed by atoms with Crippen LogP contribution in [0.3, 0.4) is 0 Å². The highest BCUT2D eigenvalue weighted by atomic mass is 32.2. The second-order valence-corrected chi connectivity index (χ2v) is 4.66. The van der Waals surface area contributed by atoms with Crippen LogP contribution < -0.4 is 10.9 Å². The molecule has 2 aromatic rings. The summed E-state index contributed by atoms with van der Waals surface area (Å²) in [6.07, 6.45) is 3.57. The van der Waals surface area contributed by atoms with E-state index in [9.17, 15) is 4.79 Å². The molecule has 2 rings (SSSR count). The van der Waals surface area contributed by atoms with Gasteiger partial charge in [-0.05, 0) is 24.0 Å². The third-order valence-electron chi connectivity index (χ3n) is 2.51. The van der Waals surface area contributed by atoms with Gasteiger partial charge in [-0.1, -0.05) is 42.5 Å². The van der Waals surface area contributed by atoms with Crippen molar-refractivity contribution in [1.29, 1.82) is 0 Å². The molecule has 0 unspecified atom stereocenters. The Balaban J connectivity index is 2.19. The average molecular weight is 270 g/mol. The summed E-state index contributed by atoms with van der Waals surface area (Å²) in [6.45, 7) is 0. The first-order chi connectivity index (χ1) is 9.31. The fraction of sp³-hybridized carbons (Fsp3) is 0.0667. The first-order valence-electron chi connectivity index (χ1n) is 5.83. The molecule has 0 fully saturated rings. The molecule has 0 heterocycles. The van der Waals surface area contributed by atoms with Crippen molar-refractivity contribution in [2.75, 3.05) is 11.7 Å². The van der Waals surface area contributed by atoms with Crippen LogP contribution in [0.25, 0.3) is 0 Å². The first-order valence-corrected chi connectivity index (χ1v) is 7.05. The molecule has 96 valence electrons. The summed E-state index contributed by atoms with van der Waals surface area (Å²) < 4.78 is 0. The lowest BCUT2D eigenvalue weighted by molar-refractivity contribution is 1.30. The van der Waals surface area contributed by atoms with E-state index in [-0.39, 0.29) is 5.43 Å². The lowest BCUT2D eigenvalue weighted by Gasteiger charge is -1.97. The van der Waals surface area contributed by atoms with E-state index in [0.29, 0.717) is 10.6 Å². The molecule has 4 heteroatoms. The largest absolute Gasteiger partial charge is 0.286 e. The van der Waals surface area contributed by atoms with Gasteiger partial charge in [0.05, 0.1) is 11.1 Å². The topological polar surface area (TPSA) is 41.5 Å². The molecule has 0 aliphatic rings. The van der Waals surface area contributed by atoms with Crippen molar-refractivity contribution >= 4 is 23.7 Å². The number of hydrogen-bond donors (Lipinski definition) is 1. The van der Waals surface area contributed by atoms with Crippen molar-refractivity contribution in [3.63, 3.8) is 0 Å². The van der Waals surface area contributed by atoms with Crippen molar-refractivity contribution in [3.8, 4) is 0 Å². The van der Waals surface area contributed by atoms with Crippen molar-refractivity contribution in [1.82, 2.24) is 0 Å². The maximum absolute atomic E-state index is 12.1. The van der Waals surface area contributed by atoms with Crippen molar-refractivity contribution in [2.45, 2.75) is 4.90 Å². The van der Waals surface area contributed by atoms with E-state index in [1.165, 1.54) is 11.8 Å². The molecule has 1 N–H and O–H groups in total. The number of hydrogen-bond acceptors (Lipinski definition) is 4. The van der Waals surface area contributed by atoms with Gasteiger partial charge in [0.15, 0.2) is 0 Å². The zero-order valence-electron chi connectivity index (χ0n) is 10.5. The maximum Gasteiger partial charge on any atom is 0.216 e. The van der Waals surface area contributed by atoms with Crippen LogP contribution in [0.5, 0.6) is 0 Å². The van der Waals surface area contributed by atoms with E-state index in [0.717, 1.165) is 5.56 Å². The summed E-state index contributed by atoms with van der Waals surface area (Å²) in [5.41, 5.74) is 4.21. The Morgan fingerprint density at radius 2 is 1.74 bits per heavy atom. The predicted octanol–water partition coefficient (Wildman–Crippen LogP) is 3.21. The van der Waals surface area contributed by atoms with Crippen LogP contribution in [0.1, 0.15) is 5.56 Å². The van der Waals surface area contributed by atoms with Crippen LogP contribution >= 0.6 is 11.8 Å². The maximum atomic E-state index is 12.1. The third kappa shape index (κ3) is 3.69. The highest BCUT2D eigenvalue weighted by Crippen LogP contribution is 2.10. The number of nitrogens with one attached hydrogen (secondary N) is 1. The zero-order valence-corrected chi connectivity index (χ0v) is 11.4. The highest BCUT2D eigenvalue weighted by Gasteiger charge is 2.00. The number of rotatable bonds is 4. The van der Waals surface area contributed by atoms with Gasteiger partial charge >= 0.3 is 0 Å². The minimum atomic E-state index is -0.0392. The van der Waals surface area contributed by atoms with E-state index < -0.39 is 0 Å². The normalized spacial score (nSPS) is 10.6. The van der Waals surface area contributed by atoms with Crippen LogP contribution in [-0.4, -0.2) is 12.5 Å². The SMILES string of the molecule is CSc1ccccc(NN=Cc2ccccc2)c1=O. The van der Waals surface area contributed by atoms with Crippen LogP contribution in [-0.2, 0) is 0 Å². The van der Waals surface area contributed by atoms with Gasteiger partial charge in [0, 0.05) is 0 Å².